The molecule has 0 atom stereocenters. The molecule has 0 saturated heterocycles. The fourth-order valence-corrected chi connectivity index (χ4v) is 3.71. The monoisotopic (exact) mass is 397 g/mol. The van der Waals surface area contributed by atoms with E-state index in [-0.39, 0.29) is 5.91 Å². The number of carbonyl (C=O) groups is 2. The van der Waals surface area contributed by atoms with Gasteiger partial charge in [0.1, 0.15) is 10.8 Å². The number of benzene rings is 1. The number of hydrogen-bond donors (Lipinski definition) is 1. The van der Waals surface area contributed by atoms with Crippen LogP contribution in [0, 0.1) is 13.8 Å². The summed E-state index contributed by atoms with van der Waals surface area (Å²) in [5, 5.41) is 7.35. The second-order valence-corrected chi connectivity index (χ2v) is 6.94. The molecule has 0 radical (unpaired) electrons. The molecule has 144 valence electrons. The van der Waals surface area contributed by atoms with Crippen molar-refractivity contribution in [2.24, 2.45) is 0 Å². The normalized spacial score (nSPS) is 10.5. The van der Waals surface area contributed by atoms with Gasteiger partial charge in [0, 0.05) is 23.2 Å². The third kappa shape index (κ3) is 4.40. The lowest BCUT2D eigenvalue weighted by atomic mass is 10.2. The van der Waals surface area contributed by atoms with Crippen LogP contribution in [0.15, 0.2) is 52.1 Å². The Morgan fingerprint density at radius 1 is 1.21 bits per heavy atom. The van der Waals surface area contributed by atoms with Crippen molar-refractivity contribution in [3.63, 3.8) is 0 Å². The highest BCUT2D eigenvalue weighted by Crippen LogP contribution is 2.27. The summed E-state index contributed by atoms with van der Waals surface area (Å²) in [6, 6.07) is 9.99. The lowest BCUT2D eigenvalue weighted by Gasteiger charge is -2.10. The maximum Gasteiger partial charge on any atom is 0.337 e. The summed E-state index contributed by atoms with van der Waals surface area (Å²) in [5.41, 5.74) is 3.12. The number of anilines is 1. The summed E-state index contributed by atoms with van der Waals surface area (Å²) < 4.78 is 9.89. The molecule has 28 heavy (non-hydrogen) atoms. The number of ether oxygens (including phenoxy) is 1. The minimum atomic E-state index is -0.465. The predicted molar refractivity (Wildman–Crippen MR) is 106 cm³/mol. The van der Waals surface area contributed by atoms with E-state index in [0.717, 1.165) is 17.0 Å². The van der Waals surface area contributed by atoms with Crippen LogP contribution in [0.5, 0.6) is 0 Å². The van der Waals surface area contributed by atoms with E-state index >= 15 is 0 Å². The summed E-state index contributed by atoms with van der Waals surface area (Å²) in [4.78, 5) is 28.8. The fraction of sp³-hybridized carbons (Fsp3) is 0.200. The van der Waals surface area contributed by atoms with Crippen LogP contribution in [0.3, 0.4) is 0 Å². The quantitative estimate of drug-likeness (QED) is 0.496. The van der Waals surface area contributed by atoms with Crippen molar-refractivity contribution in [1.29, 1.82) is 0 Å². The first-order chi connectivity index (χ1) is 13.5. The van der Waals surface area contributed by atoms with Crippen LogP contribution < -0.4 is 5.32 Å². The molecular weight excluding hydrogens is 378 g/mol. The Kier molecular flexibility index (Phi) is 6.10. The Hall–Kier alpha value is -3.13. The molecule has 0 saturated carbocycles. The molecule has 1 aromatic carbocycles. The minimum absolute atomic E-state index is 0.309. The smallest absolute Gasteiger partial charge is 0.337 e. The van der Waals surface area contributed by atoms with Crippen LogP contribution in [-0.4, -0.2) is 29.1 Å². The number of aryl methyl sites for hydroxylation is 2. The third-order valence-electron chi connectivity index (χ3n) is 4.09. The number of nitrogens with one attached hydrogen (secondary N) is 1. The van der Waals surface area contributed by atoms with E-state index < -0.39 is 5.97 Å². The van der Waals surface area contributed by atoms with E-state index in [2.05, 4.69) is 15.5 Å². The Labute approximate surface area is 166 Å². The number of thioether (sulfide) groups is 1. The van der Waals surface area contributed by atoms with E-state index in [4.69, 9.17) is 9.26 Å². The van der Waals surface area contributed by atoms with E-state index in [1.165, 1.54) is 18.9 Å². The lowest BCUT2D eigenvalue weighted by Crippen LogP contribution is -2.14. The maximum atomic E-state index is 12.8. The Morgan fingerprint density at radius 3 is 2.75 bits per heavy atom. The second-order valence-electron chi connectivity index (χ2n) is 5.97. The average Bonchev–Trinajstić information content (AvgIpc) is 3.03. The van der Waals surface area contributed by atoms with Crippen LogP contribution in [0.1, 0.15) is 37.7 Å². The molecule has 0 fully saturated rings. The molecule has 8 heteroatoms. The Balaban J connectivity index is 1.77. The maximum absolute atomic E-state index is 12.8. The molecular formula is C20H19N3O4S. The number of hydrogen-bond acceptors (Lipinski definition) is 7. The van der Waals surface area contributed by atoms with E-state index in [9.17, 15) is 9.59 Å². The van der Waals surface area contributed by atoms with Crippen molar-refractivity contribution in [1.82, 2.24) is 10.1 Å². The van der Waals surface area contributed by atoms with Gasteiger partial charge in [-0.3, -0.25) is 4.79 Å². The Bertz CT molecular complexity index is 997. The largest absolute Gasteiger partial charge is 0.465 e. The van der Waals surface area contributed by atoms with Crippen LogP contribution >= 0.6 is 11.8 Å². The van der Waals surface area contributed by atoms with Gasteiger partial charge in [-0.15, -0.1) is 11.8 Å². The first kappa shape index (κ1) is 19.6. The van der Waals surface area contributed by atoms with Gasteiger partial charge in [0.25, 0.3) is 5.91 Å². The zero-order chi connectivity index (χ0) is 20.1. The zero-order valence-electron chi connectivity index (χ0n) is 15.7. The molecule has 2 aromatic heterocycles. The van der Waals surface area contributed by atoms with Crippen molar-refractivity contribution in [3.05, 3.63) is 70.7 Å². The predicted octanol–water partition coefficient (Wildman–Crippen LogP) is 4.02. The van der Waals surface area contributed by atoms with Crippen LogP contribution in [0.4, 0.5) is 5.69 Å². The molecule has 0 bridgehead atoms. The number of nitrogens with zero attached hydrogens (tertiary/aromatic N) is 2. The highest BCUT2D eigenvalue weighted by atomic mass is 32.2. The zero-order valence-corrected chi connectivity index (χ0v) is 16.5. The molecule has 2 heterocycles. The van der Waals surface area contributed by atoms with Crippen molar-refractivity contribution < 1.29 is 18.8 Å². The summed E-state index contributed by atoms with van der Waals surface area (Å²) in [6.45, 7) is 3.74. The van der Waals surface area contributed by atoms with Crippen LogP contribution in [0.2, 0.25) is 0 Å². The van der Waals surface area contributed by atoms with Gasteiger partial charge in [-0.1, -0.05) is 11.2 Å². The van der Waals surface area contributed by atoms with Gasteiger partial charge >= 0.3 is 5.97 Å². The number of methoxy groups -OCH3 is 1. The minimum Gasteiger partial charge on any atom is -0.465 e. The van der Waals surface area contributed by atoms with Crippen molar-refractivity contribution in [3.8, 4) is 0 Å². The topological polar surface area (TPSA) is 94.3 Å². The van der Waals surface area contributed by atoms with Crippen LogP contribution in [-0.2, 0) is 10.5 Å². The van der Waals surface area contributed by atoms with Crippen molar-refractivity contribution in [2.45, 2.75) is 24.6 Å². The fourth-order valence-electron chi connectivity index (χ4n) is 2.57. The lowest BCUT2D eigenvalue weighted by molar-refractivity contribution is 0.0600. The summed E-state index contributed by atoms with van der Waals surface area (Å²) in [5.74, 6) is 0.576. The van der Waals surface area contributed by atoms with Gasteiger partial charge in [-0.25, -0.2) is 9.78 Å². The number of pyridine rings is 1. The highest BCUT2D eigenvalue weighted by molar-refractivity contribution is 7.98. The van der Waals surface area contributed by atoms with Crippen LogP contribution in [0.25, 0.3) is 0 Å². The van der Waals surface area contributed by atoms with Gasteiger partial charge in [0.05, 0.1) is 23.9 Å². The molecule has 3 rings (SSSR count). The molecule has 0 aliphatic rings. The van der Waals surface area contributed by atoms with Gasteiger partial charge in [-0.2, -0.15) is 0 Å². The third-order valence-corrected chi connectivity index (χ3v) is 5.12. The molecule has 0 unspecified atom stereocenters. The molecule has 0 aliphatic carbocycles. The number of amides is 1. The molecule has 7 nitrogen and oxygen atoms in total. The molecule has 0 spiro atoms. The summed E-state index contributed by atoms with van der Waals surface area (Å²) in [6.07, 6.45) is 1.64. The summed E-state index contributed by atoms with van der Waals surface area (Å²) >= 11 is 1.44. The number of carbonyl (C=O) groups excluding carboxylic acids is 2. The molecule has 1 N–H and O–H groups in total. The number of rotatable bonds is 6. The molecule has 0 aliphatic heterocycles. The van der Waals surface area contributed by atoms with Gasteiger partial charge < -0.3 is 14.6 Å². The average molecular weight is 397 g/mol. The standard InChI is InChI=1S/C20H19N3O4S/c1-12-17(13(2)27-23-12)11-28-19-16(8-5-9-21-19)18(24)22-15-7-4-6-14(10-15)20(25)26-3/h4-10H,11H2,1-3H3,(H,22,24). The highest BCUT2D eigenvalue weighted by Gasteiger charge is 2.16. The van der Waals surface area contributed by atoms with E-state index in [0.29, 0.717) is 27.6 Å². The van der Waals surface area contributed by atoms with Crippen molar-refractivity contribution in [2.75, 3.05) is 12.4 Å². The summed E-state index contributed by atoms with van der Waals surface area (Å²) in [7, 11) is 1.31. The van der Waals surface area contributed by atoms with Crippen molar-refractivity contribution >= 4 is 29.3 Å². The Morgan fingerprint density at radius 2 is 2.04 bits per heavy atom. The molecule has 1 amide bonds. The van der Waals surface area contributed by atoms with E-state index in [1.54, 1.807) is 42.6 Å². The number of esters is 1. The molecule has 3 aromatic rings. The SMILES string of the molecule is COC(=O)c1cccc(NC(=O)c2cccnc2SCc2c(C)noc2C)c1. The van der Waals surface area contributed by atoms with Gasteiger partial charge in [-0.05, 0) is 44.2 Å². The first-order valence-electron chi connectivity index (χ1n) is 8.49. The van der Waals surface area contributed by atoms with Gasteiger partial charge in [0.2, 0.25) is 0 Å². The second kappa shape index (κ2) is 8.71. The van der Waals surface area contributed by atoms with E-state index in [1.807, 2.05) is 13.8 Å². The first-order valence-corrected chi connectivity index (χ1v) is 9.47. The van der Waals surface area contributed by atoms with Gasteiger partial charge in [0.15, 0.2) is 0 Å². The number of aromatic nitrogens is 2.